The fourth-order valence-electron chi connectivity index (χ4n) is 2.00. The summed E-state index contributed by atoms with van der Waals surface area (Å²) >= 11 is 24.4. The van der Waals surface area contributed by atoms with Gasteiger partial charge in [0.1, 0.15) is 29.5 Å². The van der Waals surface area contributed by atoms with Gasteiger partial charge in [-0.15, -0.1) is 0 Å². The third-order valence-electron chi connectivity index (χ3n) is 1.68. The van der Waals surface area contributed by atoms with E-state index in [1.54, 1.807) is 0 Å². The quantitative estimate of drug-likeness (QED) is 0.357. The summed E-state index contributed by atoms with van der Waals surface area (Å²) < 4.78 is 0. The van der Waals surface area contributed by atoms with Gasteiger partial charge in [0.25, 0.3) is 0 Å². The van der Waals surface area contributed by atoms with Crippen LogP contribution in [0.5, 0.6) is 0 Å². The Morgan fingerprint density at radius 2 is 0.556 bits per heavy atom. The Morgan fingerprint density at radius 1 is 0.444 bits per heavy atom. The second kappa shape index (κ2) is 7.87. The molecule has 0 N–H and O–H groups in total. The molecule has 0 amide bonds. The lowest BCUT2D eigenvalue weighted by molar-refractivity contribution is 1.66. The highest BCUT2D eigenvalue weighted by Gasteiger charge is 2.29. The summed E-state index contributed by atoms with van der Waals surface area (Å²) in [6, 6.07) is 0. The van der Waals surface area contributed by atoms with Gasteiger partial charge in [-0.1, -0.05) is 52.4 Å². The molecule has 0 fully saturated rings. The van der Waals surface area contributed by atoms with Gasteiger partial charge in [0.2, 0.25) is 0 Å². The molecule has 0 nitrogen and oxygen atoms in total. The molecule has 18 heavy (non-hydrogen) atoms. The highest BCUT2D eigenvalue weighted by atomic mass is 35.6. The molecule has 0 aliphatic heterocycles. The van der Waals surface area contributed by atoms with Crippen LogP contribution in [-0.4, -0.2) is 29.5 Å². The molecule has 0 aromatic carbocycles. The predicted molar refractivity (Wildman–Crippen MR) is 103 cm³/mol. The van der Waals surface area contributed by atoms with E-state index in [9.17, 15) is 0 Å². The van der Waals surface area contributed by atoms with Crippen molar-refractivity contribution in [2.45, 2.75) is 63.7 Å². The first-order valence-electron chi connectivity index (χ1n) is 6.17. The molecular weight excluding hydrogens is 374 g/mol. The molecule has 8 heteroatoms. The SMILES string of the molecule is C[Si](C)(Cl)C[Si](C)(C)Cl.C[Si](C)(Cl)C[Si](C)(C)Cl. The molecule has 0 aliphatic carbocycles. The molecule has 0 aromatic rings. The van der Waals surface area contributed by atoms with Gasteiger partial charge in [0.15, 0.2) is 0 Å². The molecule has 0 aromatic heterocycles. The van der Waals surface area contributed by atoms with Crippen LogP contribution in [0.15, 0.2) is 0 Å². The molecule has 0 saturated heterocycles. The van der Waals surface area contributed by atoms with Crippen LogP contribution in [0, 0.1) is 0 Å². The first kappa shape index (κ1) is 22.3. The molecule has 0 atom stereocenters. The average Bonchev–Trinajstić information content (AvgIpc) is 1.64. The van der Waals surface area contributed by atoms with Crippen LogP contribution in [0.25, 0.3) is 0 Å². The van der Waals surface area contributed by atoms with E-state index in [4.69, 9.17) is 44.3 Å². The minimum absolute atomic E-state index is 1.10. The Morgan fingerprint density at radius 3 is 0.556 bits per heavy atom. The van der Waals surface area contributed by atoms with Crippen molar-refractivity contribution >= 4 is 73.9 Å². The standard InChI is InChI=1S/2C5H14Cl2Si2/c2*1-8(2,6)5-9(3,4)7/h2*5H2,1-4H3. The third kappa shape index (κ3) is 26.6. The van der Waals surface area contributed by atoms with E-state index in [2.05, 4.69) is 52.4 Å². The molecule has 0 rings (SSSR count). The number of halogens is 4. The predicted octanol–water partition coefficient (Wildman–Crippen LogP) is 6.83. The lowest BCUT2D eigenvalue weighted by Gasteiger charge is -2.20. The Kier molecular flexibility index (Phi) is 9.76. The monoisotopic (exact) mass is 400 g/mol. The first-order chi connectivity index (χ1) is 7.41. The van der Waals surface area contributed by atoms with Crippen LogP contribution in [0.1, 0.15) is 0 Å². The molecule has 0 heterocycles. The van der Waals surface area contributed by atoms with E-state index in [0.29, 0.717) is 0 Å². The van der Waals surface area contributed by atoms with Gasteiger partial charge in [0.05, 0.1) is 0 Å². The zero-order valence-corrected chi connectivity index (χ0v) is 19.9. The summed E-state index contributed by atoms with van der Waals surface area (Å²) in [6.45, 7) is 17.2. The lowest BCUT2D eigenvalue weighted by atomic mass is 11.8. The van der Waals surface area contributed by atoms with E-state index in [0.717, 1.165) is 11.3 Å². The first-order valence-corrected chi connectivity index (χ1v) is 23.0. The number of hydrogen-bond acceptors (Lipinski definition) is 0. The van der Waals surface area contributed by atoms with Crippen molar-refractivity contribution in [3.05, 3.63) is 0 Å². The van der Waals surface area contributed by atoms with Crippen LogP contribution in [-0.2, 0) is 0 Å². The molecule has 0 bridgehead atoms. The van der Waals surface area contributed by atoms with Crippen molar-refractivity contribution in [2.75, 3.05) is 0 Å². The Hall–Kier alpha value is 2.03. The summed E-state index contributed by atoms with van der Waals surface area (Å²) in [5, 5.41) is 0. The van der Waals surface area contributed by atoms with Crippen LogP contribution >= 0.6 is 44.3 Å². The number of rotatable bonds is 4. The van der Waals surface area contributed by atoms with Gasteiger partial charge >= 0.3 is 0 Å². The topological polar surface area (TPSA) is 0 Å². The van der Waals surface area contributed by atoms with E-state index in [-0.39, 0.29) is 0 Å². The molecule has 0 unspecified atom stereocenters. The second-order valence-corrected chi connectivity index (χ2v) is 36.1. The van der Waals surface area contributed by atoms with Crippen LogP contribution in [0.3, 0.4) is 0 Å². The summed E-state index contributed by atoms with van der Waals surface area (Å²) in [4.78, 5) is 0. The maximum atomic E-state index is 6.11. The van der Waals surface area contributed by atoms with Gasteiger partial charge in [-0.3, -0.25) is 0 Å². The molecule has 0 spiro atoms. The summed E-state index contributed by atoms with van der Waals surface area (Å²) in [7, 11) is -5.56. The van der Waals surface area contributed by atoms with Gasteiger partial charge < -0.3 is 0 Å². The fourth-order valence-corrected chi connectivity index (χ4v) is 31.3. The Bertz CT molecular complexity index is 182. The van der Waals surface area contributed by atoms with Gasteiger partial charge in [-0.25, -0.2) is 0 Å². The molecule has 0 radical (unpaired) electrons. The van der Waals surface area contributed by atoms with Crippen LogP contribution < -0.4 is 0 Å². The van der Waals surface area contributed by atoms with Crippen molar-refractivity contribution in [1.29, 1.82) is 0 Å². The number of hydrogen-bond donors (Lipinski definition) is 0. The fraction of sp³-hybridized carbons (Fsp3) is 1.00. The zero-order chi connectivity index (χ0) is 15.4. The lowest BCUT2D eigenvalue weighted by Crippen LogP contribution is -2.30. The maximum Gasteiger partial charge on any atom is 0.149 e. The van der Waals surface area contributed by atoms with E-state index in [1.165, 1.54) is 0 Å². The highest BCUT2D eigenvalue weighted by molar-refractivity contribution is 7.32. The van der Waals surface area contributed by atoms with E-state index < -0.39 is 29.5 Å². The van der Waals surface area contributed by atoms with E-state index in [1.807, 2.05) is 0 Å². The van der Waals surface area contributed by atoms with Crippen LogP contribution in [0.4, 0.5) is 0 Å². The largest absolute Gasteiger partial charge is 0.168 e. The smallest absolute Gasteiger partial charge is 0.149 e. The summed E-state index contributed by atoms with van der Waals surface area (Å²) in [6.07, 6.45) is 0. The van der Waals surface area contributed by atoms with Crippen molar-refractivity contribution < 1.29 is 0 Å². The van der Waals surface area contributed by atoms with Crippen LogP contribution in [0.2, 0.25) is 63.7 Å². The maximum absolute atomic E-state index is 6.11. The van der Waals surface area contributed by atoms with Gasteiger partial charge in [-0.05, 0) is 11.3 Å². The zero-order valence-electron chi connectivity index (χ0n) is 12.9. The van der Waals surface area contributed by atoms with Gasteiger partial charge in [0, 0.05) is 0 Å². The average molecular weight is 402 g/mol. The van der Waals surface area contributed by atoms with E-state index >= 15 is 0 Å². The summed E-state index contributed by atoms with van der Waals surface area (Å²) in [5.74, 6) is 0. The normalized spacial score (nSPS) is 14.0. The van der Waals surface area contributed by atoms with Crippen molar-refractivity contribution in [3.8, 4) is 0 Å². The highest BCUT2D eigenvalue weighted by Crippen LogP contribution is 2.25. The minimum atomic E-state index is -1.39. The van der Waals surface area contributed by atoms with Crippen molar-refractivity contribution in [1.82, 2.24) is 0 Å². The molecular formula is C10H28Cl4Si4. The molecule has 0 aliphatic rings. The van der Waals surface area contributed by atoms with Crippen molar-refractivity contribution in [2.24, 2.45) is 0 Å². The van der Waals surface area contributed by atoms with Crippen molar-refractivity contribution in [3.63, 3.8) is 0 Å². The van der Waals surface area contributed by atoms with Gasteiger partial charge in [-0.2, -0.15) is 44.3 Å². The summed E-state index contributed by atoms with van der Waals surface area (Å²) in [5.41, 5.74) is 2.20. The molecule has 0 saturated carbocycles. The Balaban J connectivity index is 0. The third-order valence-corrected chi connectivity index (χ3v) is 19.9. The second-order valence-electron chi connectivity index (χ2n) is 7.23. The Labute approximate surface area is 137 Å². The molecule has 112 valence electrons. The minimum Gasteiger partial charge on any atom is -0.168 e.